The van der Waals surface area contributed by atoms with E-state index in [4.69, 9.17) is 4.42 Å². The molecule has 0 spiro atoms. The molecule has 1 heterocycles. The van der Waals surface area contributed by atoms with Crippen molar-refractivity contribution in [3.05, 3.63) is 164 Å². The summed E-state index contributed by atoms with van der Waals surface area (Å²) in [5.74, 6) is 0. The van der Waals surface area contributed by atoms with E-state index in [0.717, 1.165) is 39.0 Å². The van der Waals surface area contributed by atoms with Gasteiger partial charge in [-0.05, 0) is 64.0 Å². The number of rotatable bonds is 5. The summed E-state index contributed by atoms with van der Waals surface area (Å²) < 4.78 is 6.35. The summed E-state index contributed by atoms with van der Waals surface area (Å²) in [4.78, 5) is 2.36. The normalized spacial score (nSPS) is 11.3. The van der Waals surface area contributed by atoms with Crippen LogP contribution < -0.4 is 4.90 Å². The number of hydrogen-bond donors (Lipinski definition) is 0. The van der Waals surface area contributed by atoms with E-state index >= 15 is 0 Å². The average molecular weight is 538 g/mol. The van der Waals surface area contributed by atoms with Gasteiger partial charge in [0.15, 0.2) is 0 Å². The Morgan fingerprint density at radius 1 is 0.357 bits per heavy atom. The Kier molecular flexibility index (Phi) is 5.82. The second-order valence-electron chi connectivity index (χ2n) is 10.6. The molecule has 0 bridgehead atoms. The van der Waals surface area contributed by atoms with Crippen molar-refractivity contribution in [3.8, 4) is 22.3 Å². The Labute approximate surface area is 244 Å². The zero-order chi connectivity index (χ0) is 27.9. The molecule has 42 heavy (non-hydrogen) atoms. The van der Waals surface area contributed by atoms with Crippen molar-refractivity contribution in [2.45, 2.75) is 0 Å². The van der Waals surface area contributed by atoms with Gasteiger partial charge >= 0.3 is 0 Å². The highest BCUT2D eigenvalue weighted by Gasteiger charge is 2.19. The molecule has 0 atom stereocenters. The summed E-state index contributed by atoms with van der Waals surface area (Å²) in [5, 5.41) is 4.66. The fourth-order valence-electron chi connectivity index (χ4n) is 6.08. The van der Waals surface area contributed by atoms with Crippen molar-refractivity contribution < 1.29 is 4.42 Å². The van der Waals surface area contributed by atoms with E-state index in [1.165, 1.54) is 33.0 Å². The molecular weight excluding hydrogens is 510 g/mol. The van der Waals surface area contributed by atoms with Crippen LogP contribution in [0.1, 0.15) is 0 Å². The highest BCUT2D eigenvalue weighted by atomic mass is 16.3. The van der Waals surface area contributed by atoms with Crippen molar-refractivity contribution in [1.29, 1.82) is 0 Å². The Morgan fingerprint density at radius 2 is 0.976 bits per heavy atom. The fraction of sp³-hybridized carbons (Fsp3) is 0. The van der Waals surface area contributed by atoms with Gasteiger partial charge in [0, 0.05) is 33.6 Å². The lowest BCUT2D eigenvalue weighted by Crippen LogP contribution is -2.10. The average Bonchev–Trinajstić information content (AvgIpc) is 3.44. The smallest absolute Gasteiger partial charge is 0.137 e. The molecule has 0 aliphatic heterocycles. The molecule has 2 nitrogen and oxygen atoms in total. The molecule has 0 aliphatic carbocycles. The van der Waals surface area contributed by atoms with Gasteiger partial charge in [-0.15, -0.1) is 0 Å². The second kappa shape index (κ2) is 10.1. The molecule has 0 saturated heterocycles. The van der Waals surface area contributed by atoms with Gasteiger partial charge in [0.25, 0.3) is 0 Å². The molecule has 0 saturated carbocycles. The summed E-state index contributed by atoms with van der Waals surface area (Å²) in [6.45, 7) is 0. The maximum Gasteiger partial charge on any atom is 0.137 e. The zero-order valence-corrected chi connectivity index (χ0v) is 22.9. The third-order valence-corrected chi connectivity index (χ3v) is 8.06. The van der Waals surface area contributed by atoms with Gasteiger partial charge < -0.3 is 9.32 Å². The maximum atomic E-state index is 6.35. The van der Waals surface area contributed by atoms with Crippen molar-refractivity contribution >= 4 is 49.8 Å². The van der Waals surface area contributed by atoms with Gasteiger partial charge in [-0.3, -0.25) is 0 Å². The molecule has 0 aliphatic rings. The third-order valence-electron chi connectivity index (χ3n) is 8.06. The number of nitrogens with zero attached hydrogens (tertiary/aromatic N) is 1. The van der Waals surface area contributed by atoms with Crippen LogP contribution in [-0.2, 0) is 0 Å². The van der Waals surface area contributed by atoms with E-state index in [2.05, 4.69) is 157 Å². The zero-order valence-electron chi connectivity index (χ0n) is 22.9. The van der Waals surface area contributed by atoms with Gasteiger partial charge in [0.1, 0.15) is 11.2 Å². The van der Waals surface area contributed by atoms with Crippen LogP contribution in [0.25, 0.3) is 55.0 Å². The van der Waals surface area contributed by atoms with Gasteiger partial charge in [0.05, 0.1) is 5.69 Å². The van der Waals surface area contributed by atoms with Crippen LogP contribution in [0, 0.1) is 0 Å². The summed E-state index contributed by atoms with van der Waals surface area (Å²) >= 11 is 0. The summed E-state index contributed by atoms with van der Waals surface area (Å²) in [6.07, 6.45) is 0. The number of fused-ring (bicyclic) bond motifs is 4. The first-order chi connectivity index (χ1) is 20.8. The molecule has 0 N–H and O–H groups in total. The summed E-state index contributed by atoms with van der Waals surface area (Å²) in [7, 11) is 0. The van der Waals surface area contributed by atoms with E-state index in [-0.39, 0.29) is 0 Å². The lowest BCUT2D eigenvalue weighted by Gasteiger charge is -2.28. The first-order valence-corrected chi connectivity index (χ1v) is 14.3. The minimum atomic E-state index is 0.878. The van der Waals surface area contributed by atoms with Crippen LogP contribution in [0.2, 0.25) is 0 Å². The molecule has 8 aromatic rings. The Hall–Kier alpha value is -5.60. The topological polar surface area (TPSA) is 16.4 Å². The monoisotopic (exact) mass is 537 g/mol. The van der Waals surface area contributed by atoms with Crippen LogP contribution in [0.4, 0.5) is 17.1 Å². The minimum absolute atomic E-state index is 0.878. The van der Waals surface area contributed by atoms with Crippen molar-refractivity contribution in [2.75, 3.05) is 4.90 Å². The largest absolute Gasteiger partial charge is 0.456 e. The summed E-state index contributed by atoms with van der Waals surface area (Å²) in [5.41, 5.74) is 9.83. The number of anilines is 3. The predicted molar refractivity (Wildman–Crippen MR) is 177 cm³/mol. The quantitative estimate of drug-likeness (QED) is 0.217. The number of benzene rings is 7. The lowest BCUT2D eigenvalue weighted by molar-refractivity contribution is 0.669. The maximum absolute atomic E-state index is 6.35. The third kappa shape index (κ3) is 4.13. The van der Waals surface area contributed by atoms with E-state index in [1.54, 1.807) is 0 Å². The number of hydrogen-bond acceptors (Lipinski definition) is 2. The van der Waals surface area contributed by atoms with Crippen molar-refractivity contribution in [3.63, 3.8) is 0 Å². The van der Waals surface area contributed by atoms with Crippen molar-refractivity contribution in [2.24, 2.45) is 0 Å². The van der Waals surface area contributed by atoms with Crippen LogP contribution in [0.3, 0.4) is 0 Å². The minimum Gasteiger partial charge on any atom is -0.456 e. The van der Waals surface area contributed by atoms with Crippen LogP contribution in [0.5, 0.6) is 0 Å². The van der Waals surface area contributed by atoms with E-state index in [9.17, 15) is 0 Å². The first kappa shape index (κ1) is 24.2. The number of para-hydroxylation sites is 1. The highest BCUT2D eigenvalue weighted by molar-refractivity contribution is 6.08. The highest BCUT2D eigenvalue weighted by Crippen LogP contribution is 2.44. The van der Waals surface area contributed by atoms with Crippen LogP contribution in [0.15, 0.2) is 168 Å². The standard InChI is InChI=1S/C40H27NO/c1-3-12-28(13-4-1)30-16-11-17-31(26-30)41(32-22-23-37-36-20-9-10-21-39(36)42-40(37)27-32)38-25-24-33(29-14-5-2-6-15-29)34-18-7-8-19-35(34)38/h1-27H. The Bertz CT molecular complexity index is 2200. The molecule has 0 fully saturated rings. The van der Waals surface area contributed by atoms with Gasteiger partial charge in [-0.25, -0.2) is 0 Å². The lowest BCUT2D eigenvalue weighted by atomic mass is 9.96. The molecule has 1 aromatic heterocycles. The first-order valence-electron chi connectivity index (χ1n) is 14.3. The van der Waals surface area contributed by atoms with Gasteiger partial charge in [-0.1, -0.05) is 121 Å². The predicted octanol–water partition coefficient (Wildman–Crippen LogP) is 11.5. The van der Waals surface area contributed by atoms with Crippen molar-refractivity contribution in [1.82, 2.24) is 0 Å². The molecule has 8 rings (SSSR count). The second-order valence-corrected chi connectivity index (χ2v) is 10.6. The molecule has 7 aromatic carbocycles. The Morgan fingerprint density at radius 3 is 1.79 bits per heavy atom. The van der Waals surface area contributed by atoms with Crippen LogP contribution >= 0.6 is 0 Å². The fourth-order valence-corrected chi connectivity index (χ4v) is 6.08. The molecule has 0 amide bonds. The molecule has 0 radical (unpaired) electrons. The number of furan rings is 1. The molecular formula is C40H27NO. The summed E-state index contributed by atoms with van der Waals surface area (Å²) in [6, 6.07) is 58.0. The molecule has 0 unspecified atom stereocenters. The van der Waals surface area contributed by atoms with Crippen LogP contribution in [-0.4, -0.2) is 0 Å². The molecule has 198 valence electrons. The van der Waals surface area contributed by atoms with Gasteiger partial charge in [0.2, 0.25) is 0 Å². The Balaban J connectivity index is 1.38. The SMILES string of the molecule is c1ccc(-c2cccc(N(c3ccc4c(c3)oc3ccccc34)c3ccc(-c4ccccc4)c4ccccc34)c2)cc1. The van der Waals surface area contributed by atoms with E-state index in [1.807, 2.05) is 12.1 Å². The van der Waals surface area contributed by atoms with E-state index < -0.39 is 0 Å². The molecule has 2 heteroatoms. The van der Waals surface area contributed by atoms with E-state index in [0.29, 0.717) is 0 Å². The van der Waals surface area contributed by atoms with Gasteiger partial charge in [-0.2, -0.15) is 0 Å².